The third kappa shape index (κ3) is 4.37. The second-order valence-corrected chi connectivity index (χ2v) is 9.37. The van der Waals surface area contributed by atoms with Crippen molar-refractivity contribution in [2.75, 3.05) is 0 Å². The molecule has 0 atom stereocenters. The molecule has 4 heterocycles. The second-order valence-electron chi connectivity index (χ2n) is 9.37. The molecule has 0 bridgehead atoms. The van der Waals surface area contributed by atoms with Gasteiger partial charge >= 0.3 is 5.69 Å². The lowest BCUT2D eigenvalue weighted by Crippen LogP contribution is -2.36. The lowest BCUT2D eigenvalue weighted by Gasteiger charge is -2.31. The number of tetrazole rings is 2. The van der Waals surface area contributed by atoms with Crippen molar-refractivity contribution in [1.82, 2.24) is 55.3 Å². The predicted octanol–water partition coefficient (Wildman–Crippen LogP) is 1.98. The molecular formula is C24H29N11O. The summed E-state index contributed by atoms with van der Waals surface area (Å²) in [5.41, 5.74) is 2.06. The van der Waals surface area contributed by atoms with Crippen LogP contribution in [0.1, 0.15) is 38.4 Å². The van der Waals surface area contributed by atoms with Gasteiger partial charge in [-0.1, -0.05) is 62.6 Å². The highest BCUT2D eigenvalue weighted by Gasteiger charge is 2.32. The zero-order chi connectivity index (χ0) is 25.1. The molecule has 12 heteroatoms. The summed E-state index contributed by atoms with van der Waals surface area (Å²) in [5.74, 6) is 1.34. The molecule has 0 saturated carbocycles. The SMILES string of the molecule is CCCc1cn(-c2nnnn2CC(C)C)c(=O)n1CC1(c2cccc(-c3nnn[nH]3)c2)C=CNC=C1. The number of allylic oxidation sites excluding steroid dienone is 2. The number of nitrogens with zero attached hydrogens (tertiary/aromatic N) is 9. The zero-order valence-corrected chi connectivity index (χ0v) is 20.5. The number of benzene rings is 1. The van der Waals surface area contributed by atoms with Gasteiger partial charge in [0, 0.05) is 30.5 Å². The molecule has 4 aromatic rings. The zero-order valence-electron chi connectivity index (χ0n) is 20.5. The van der Waals surface area contributed by atoms with Crippen LogP contribution in [0.3, 0.4) is 0 Å². The van der Waals surface area contributed by atoms with Crippen LogP contribution < -0.4 is 11.0 Å². The van der Waals surface area contributed by atoms with Crippen LogP contribution in [0, 0.1) is 5.92 Å². The van der Waals surface area contributed by atoms with E-state index in [4.69, 9.17) is 0 Å². The van der Waals surface area contributed by atoms with Crippen molar-refractivity contribution >= 4 is 0 Å². The van der Waals surface area contributed by atoms with Crippen molar-refractivity contribution in [3.63, 3.8) is 0 Å². The van der Waals surface area contributed by atoms with Gasteiger partial charge in [0.25, 0.3) is 5.95 Å². The molecule has 0 radical (unpaired) electrons. The van der Waals surface area contributed by atoms with Crippen LogP contribution in [0.4, 0.5) is 0 Å². The van der Waals surface area contributed by atoms with E-state index in [1.54, 1.807) is 9.25 Å². The van der Waals surface area contributed by atoms with Crippen molar-refractivity contribution in [3.8, 4) is 17.3 Å². The summed E-state index contributed by atoms with van der Waals surface area (Å²) in [6.07, 6.45) is 11.5. The number of imidazole rings is 1. The molecule has 0 saturated heterocycles. The molecule has 0 fully saturated rings. The Morgan fingerprint density at radius 1 is 1.11 bits per heavy atom. The number of aromatic amines is 1. The molecular weight excluding hydrogens is 458 g/mol. The Morgan fingerprint density at radius 2 is 1.94 bits per heavy atom. The molecule has 12 nitrogen and oxygen atoms in total. The average molecular weight is 488 g/mol. The fraction of sp³-hybridized carbons (Fsp3) is 0.375. The van der Waals surface area contributed by atoms with Gasteiger partial charge in [-0.25, -0.2) is 19.1 Å². The molecule has 5 rings (SSSR count). The number of aromatic nitrogens is 10. The summed E-state index contributed by atoms with van der Waals surface area (Å²) < 4.78 is 5.08. The molecule has 0 spiro atoms. The minimum absolute atomic E-state index is 0.173. The van der Waals surface area contributed by atoms with E-state index in [0.29, 0.717) is 30.8 Å². The van der Waals surface area contributed by atoms with Crippen LogP contribution in [0.25, 0.3) is 17.3 Å². The van der Waals surface area contributed by atoms with E-state index in [9.17, 15) is 4.79 Å². The number of H-pyrrole nitrogens is 1. The van der Waals surface area contributed by atoms with E-state index in [2.05, 4.69) is 80.5 Å². The highest BCUT2D eigenvalue weighted by molar-refractivity contribution is 5.57. The molecule has 0 aliphatic carbocycles. The first kappa shape index (κ1) is 23.4. The average Bonchev–Trinajstić information content (AvgIpc) is 3.63. The van der Waals surface area contributed by atoms with E-state index in [0.717, 1.165) is 29.7 Å². The van der Waals surface area contributed by atoms with Crippen molar-refractivity contribution in [2.24, 2.45) is 5.92 Å². The maximum Gasteiger partial charge on any atom is 0.335 e. The number of dihydropyridines is 1. The Hall–Kier alpha value is -4.35. The molecule has 1 aliphatic rings. The largest absolute Gasteiger partial charge is 0.368 e. The standard InChI is InChI=1S/C24H29N11O/c1-4-6-20-15-33(22-28-31-32-35(22)14-17(2)3)23(36)34(20)16-24(9-11-25-12-10-24)19-8-5-7-18(13-19)21-26-29-30-27-21/h5,7-13,15,17,25H,4,6,14,16H2,1-3H3,(H,26,27,29,30). The Labute approximate surface area is 207 Å². The van der Waals surface area contributed by atoms with E-state index >= 15 is 0 Å². The van der Waals surface area contributed by atoms with Gasteiger partial charge in [0.1, 0.15) is 0 Å². The van der Waals surface area contributed by atoms with Crippen LogP contribution in [0.15, 0.2) is 59.8 Å². The monoisotopic (exact) mass is 487 g/mol. The highest BCUT2D eigenvalue weighted by Crippen LogP contribution is 2.33. The molecule has 0 unspecified atom stereocenters. The Bertz CT molecular complexity index is 1430. The van der Waals surface area contributed by atoms with Crippen LogP contribution in [-0.2, 0) is 24.9 Å². The third-order valence-electron chi connectivity index (χ3n) is 6.23. The van der Waals surface area contributed by atoms with E-state index < -0.39 is 5.41 Å². The lowest BCUT2D eigenvalue weighted by molar-refractivity contribution is 0.462. The van der Waals surface area contributed by atoms with E-state index in [1.165, 1.54) is 0 Å². The number of hydrogen-bond acceptors (Lipinski definition) is 8. The highest BCUT2D eigenvalue weighted by atomic mass is 16.2. The van der Waals surface area contributed by atoms with Crippen molar-refractivity contribution in [2.45, 2.75) is 52.1 Å². The summed E-state index contributed by atoms with van der Waals surface area (Å²) in [6.45, 7) is 7.30. The summed E-state index contributed by atoms with van der Waals surface area (Å²) >= 11 is 0. The fourth-order valence-corrected chi connectivity index (χ4v) is 4.52. The van der Waals surface area contributed by atoms with Gasteiger partial charge in [-0.15, -0.1) is 5.10 Å². The molecule has 0 amide bonds. The third-order valence-corrected chi connectivity index (χ3v) is 6.23. The van der Waals surface area contributed by atoms with Gasteiger partial charge in [0.2, 0.25) is 0 Å². The molecule has 1 aromatic carbocycles. The summed E-state index contributed by atoms with van der Waals surface area (Å²) in [4.78, 5) is 13.8. The van der Waals surface area contributed by atoms with Crippen molar-refractivity contribution in [3.05, 3.63) is 76.8 Å². The second kappa shape index (κ2) is 9.72. The molecule has 36 heavy (non-hydrogen) atoms. The maximum absolute atomic E-state index is 13.8. The smallest absolute Gasteiger partial charge is 0.335 e. The summed E-state index contributed by atoms with van der Waals surface area (Å²) in [6, 6.07) is 8.03. The summed E-state index contributed by atoms with van der Waals surface area (Å²) in [5, 5.41) is 29.5. The minimum Gasteiger partial charge on any atom is -0.368 e. The minimum atomic E-state index is -0.572. The van der Waals surface area contributed by atoms with Gasteiger partial charge in [-0.3, -0.25) is 4.57 Å². The van der Waals surface area contributed by atoms with Gasteiger partial charge < -0.3 is 5.32 Å². The van der Waals surface area contributed by atoms with Gasteiger partial charge in [0.15, 0.2) is 5.82 Å². The summed E-state index contributed by atoms with van der Waals surface area (Å²) in [7, 11) is 0. The van der Waals surface area contributed by atoms with Crippen molar-refractivity contribution < 1.29 is 0 Å². The first-order valence-corrected chi connectivity index (χ1v) is 12.0. The van der Waals surface area contributed by atoms with Gasteiger partial charge in [0.05, 0.1) is 5.41 Å². The molecule has 2 N–H and O–H groups in total. The number of nitrogens with one attached hydrogen (secondary N) is 2. The topological polar surface area (TPSA) is 137 Å². The Balaban J connectivity index is 1.60. The number of hydrogen-bond donors (Lipinski definition) is 2. The molecule has 3 aromatic heterocycles. The number of rotatable bonds is 9. The van der Waals surface area contributed by atoms with Crippen molar-refractivity contribution in [1.29, 1.82) is 0 Å². The Morgan fingerprint density at radius 3 is 2.67 bits per heavy atom. The van der Waals surface area contributed by atoms with Crippen LogP contribution in [0.2, 0.25) is 0 Å². The fourth-order valence-electron chi connectivity index (χ4n) is 4.52. The van der Waals surface area contributed by atoms with Gasteiger partial charge in [-0.2, -0.15) is 0 Å². The van der Waals surface area contributed by atoms with Crippen LogP contribution in [-0.4, -0.2) is 50.0 Å². The first-order chi connectivity index (χ1) is 17.5. The molecule has 1 aliphatic heterocycles. The van der Waals surface area contributed by atoms with Gasteiger partial charge in [-0.05, 0) is 57.2 Å². The van der Waals surface area contributed by atoms with Crippen LogP contribution in [0.5, 0.6) is 0 Å². The molecule has 186 valence electrons. The Kier molecular flexibility index (Phi) is 6.32. The predicted molar refractivity (Wildman–Crippen MR) is 133 cm³/mol. The van der Waals surface area contributed by atoms with E-state index in [-0.39, 0.29) is 5.69 Å². The normalized spacial score (nSPS) is 14.4. The first-order valence-electron chi connectivity index (χ1n) is 12.0. The van der Waals surface area contributed by atoms with Crippen LogP contribution >= 0.6 is 0 Å². The maximum atomic E-state index is 13.8. The quantitative estimate of drug-likeness (QED) is 0.366. The van der Waals surface area contributed by atoms with E-state index in [1.807, 2.05) is 41.4 Å². The lowest BCUT2D eigenvalue weighted by atomic mass is 9.78. The number of aryl methyl sites for hydroxylation is 1.